The molecule has 2 atom stereocenters. The van der Waals surface area contributed by atoms with Crippen LogP contribution in [0, 0.1) is 23.1 Å². The van der Waals surface area contributed by atoms with Crippen LogP contribution < -0.4 is 10.6 Å². The molecule has 170 valence electrons. The van der Waals surface area contributed by atoms with E-state index in [1.54, 1.807) is 37.3 Å². The minimum Gasteiger partial charge on any atom is -0.465 e. The van der Waals surface area contributed by atoms with E-state index in [9.17, 15) is 24.0 Å². The van der Waals surface area contributed by atoms with Gasteiger partial charge in [0, 0.05) is 16.1 Å². The first-order valence-corrected chi connectivity index (χ1v) is 11.7. The second-order valence-electron chi connectivity index (χ2n) is 6.92. The standard InChI is InChI=1S/C23H19BrFN3O4S/c1-2-32-23(31)20-19(15-5-3-4-6-17(15)25)16(11-26)22(28-21(20)30)33-12-18(29)27-14-9-7-13(24)8-10-14/h3-10,19-20H,2,12H2,1H3,(H,27,29)(H,28,30)/t19-,20+/m0/s1. The zero-order valence-electron chi connectivity index (χ0n) is 17.4. The van der Waals surface area contributed by atoms with E-state index in [0.29, 0.717) is 5.69 Å². The summed E-state index contributed by atoms with van der Waals surface area (Å²) in [6, 6.07) is 14.6. The maximum absolute atomic E-state index is 14.7. The molecular weight excluding hydrogens is 513 g/mol. The van der Waals surface area contributed by atoms with Crippen LogP contribution in [0.3, 0.4) is 0 Å². The Morgan fingerprint density at radius 1 is 1.24 bits per heavy atom. The van der Waals surface area contributed by atoms with Crippen molar-refractivity contribution in [2.75, 3.05) is 17.7 Å². The lowest BCUT2D eigenvalue weighted by Crippen LogP contribution is -2.44. The zero-order valence-corrected chi connectivity index (χ0v) is 19.8. The number of esters is 1. The number of benzene rings is 2. The predicted molar refractivity (Wildman–Crippen MR) is 125 cm³/mol. The fourth-order valence-corrected chi connectivity index (χ4v) is 4.47. The normalized spacial score (nSPS) is 17.7. The summed E-state index contributed by atoms with van der Waals surface area (Å²) in [4.78, 5) is 37.8. The van der Waals surface area contributed by atoms with E-state index < -0.39 is 29.5 Å². The van der Waals surface area contributed by atoms with Crippen LogP contribution in [0.1, 0.15) is 18.4 Å². The maximum atomic E-state index is 14.7. The van der Waals surface area contributed by atoms with E-state index in [2.05, 4.69) is 26.6 Å². The van der Waals surface area contributed by atoms with Gasteiger partial charge in [-0.15, -0.1) is 0 Å². The van der Waals surface area contributed by atoms with Crippen LogP contribution >= 0.6 is 27.7 Å². The minimum absolute atomic E-state index is 0.0146. The topological polar surface area (TPSA) is 108 Å². The number of hydrogen-bond acceptors (Lipinski definition) is 6. The Bertz CT molecular complexity index is 1150. The van der Waals surface area contributed by atoms with Crippen molar-refractivity contribution in [1.29, 1.82) is 5.26 Å². The number of anilines is 1. The zero-order chi connectivity index (χ0) is 24.0. The van der Waals surface area contributed by atoms with Gasteiger partial charge in [-0.3, -0.25) is 14.4 Å². The summed E-state index contributed by atoms with van der Waals surface area (Å²) in [6.07, 6.45) is 0. The van der Waals surface area contributed by atoms with Crippen molar-refractivity contribution in [2.24, 2.45) is 5.92 Å². The number of nitrogens with one attached hydrogen (secondary N) is 2. The first kappa shape index (κ1) is 24.5. The average Bonchev–Trinajstić information content (AvgIpc) is 2.79. The summed E-state index contributed by atoms with van der Waals surface area (Å²) >= 11 is 4.24. The van der Waals surface area contributed by atoms with Crippen molar-refractivity contribution >= 4 is 51.2 Å². The van der Waals surface area contributed by atoms with Gasteiger partial charge >= 0.3 is 5.97 Å². The smallest absolute Gasteiger partial charge is 0.319 e. The van der Waals surface area contributed by atoms with Crippen LogP contribution in [0.4, 0.5) is 10.1 Å². The molecule has 2 aromatic carbocycles. The van der Waals surface area contributed by atoms with Gasteiger partial charge in [0.2, 0.25) is 11.8 Å². The highest BCUT2D eigenvalue weighted by Gasteiger charge is 2.45. The molecule has 0 unspecified atom stereocenters. The second-order valence-corrected chi connectivity index (χ2v) is 8.82. The van der Waals surface area contributed by atoms with Crippen LogP contribution in [0.25, 0.3) is 0 Å². The number of allylic oxidation sites excluding steroid dienone is 1. The monoisotopic (exact) mass is 531 g/mol. The molecule has 3 rings (SSSR count). The van der Waals surface area contributed by atoms with E-state index in [4.69, 9.17) is 4.74 Å². The molecule has 1 aliphatic rings. The fraction of sp³-hybridized carbons (Fsp3) is 0.217. The number of hydrogen-bond donors (Lipinski definition) is 2. The van der Waals surface area contributed by atoms with Crippen molar-refractivity contribution in [3.8, 4) is 6.07 Å². The number of ether oxygens (including phenoxy) is 1. The molecule has 7 nitrogen and oxygen atoms in total. The third-order valence-electron chi connectivity index (χ3n) is 4.79. The molecule has 0 bridgehead atoms. The lowest BCUT2D eigenvalue weighted by atomic mass is 9.78. The Kier molecular flexibility index (Phi) is 8.25. The molecule has 2 aromatic rings. The molecule has 0 saturated carbocycles. The van der Waals surface area contributed by atoms with E-state index in [-0.39, 0.29) is 34.4 Å². The van der Waals surface area contributed by atoms with Crippen molar-refractivity contribution in [3.63, 3.8) is 0 Å². The number of rotatable bonds is 7. The Labute approximate surface area is 202 Å². The fourth-order valence-electron chi connectivity index (χ4n) is 3.36. The highest BCUT2D eigenvalue weighted by Crippen LogP contribution is 2.41. The number of thioether (sulfide) groups is 1. The molecule has 0 aliphatic carbocycles. The Hall–Kier alpha value is -3.16. The van der Waals surface area contributed by atoms with Gasteiger partial charge in [-0.2, -0.15) is 5.26 Å². The summed E-state index contributed by atoms with van der Waals surface area (Å²) in [5, 5.41) is 15.2. The molecule has 0 spiro atoms. The molecule has 1 aliphatic heterocycles. The number of nitriles is 1. The number of halogens is 2. The molecule has 0 radical (unpaired) electrons. The molecule has 10 heteroatoms. The van der Waals surface area contributed by atoms with Crippen LogP contribution in [0.5, 0.6) is 0 Å². The number of carbonyl (C=O) groups excluding carboxylic acids is 3. The molecular formula is C23H19BrFN3O4S. The molecule has 2 N–H and O–H groups in total. The Morgan fingerprint density at radius 3 is 2.58 bits per heavy atom. The van der Waals surface area contributed by atoms with Crippen molar-refractivity contribution < 1.29 is 23.5 Å². The summed E-state index contributed by atoms with van der Waals surface area (Å²) in [7, 11) is 0. The molecule has 0 fully saturated rings. The Morgan fingerprint density at radius 2 is 1.94 bits per heavy atom. The van der Waals surface area contributed by atoms with E-state index in [1.165, 1.54) is 18.2 Å². The molecule has 0 saturated heterocycles. The minimum atomic E-state index is -1.43. The average molecular weight is 532 g/mol. The van der Waals surface area contributed by atoms with Gasteiger partial charge in [0.1, 0.15) is 11.7 Å². The van der Waals surface area contributed by atoms with Crippen molar-refractivity contribution in [3.05, 3.63) is 75.0 Å². The number of carbonyl (C=O) groups is 3. The van der Waals surface area contributed by atoms with E-state index >= 15 is 0 Å². The third-order valence-corrected chi connectivity index (χ3v) is 6.33. The third kappa shape index (κ3) is 5.80. The summed E-state index contributed by atoms with van der Waals surface area (Å²) in [5.41, 5.74) is 0.594. The van der Waals surface area contributed by atoms with E-state index in [1.807, 2.05) is 6.07 Å². The van der Waals surface area contributed by atoms with Gasteiger partial charge in [0.05, 0.1) is 29.0 Å². The first-order valence-electron chi connectivity index (χ1n) is 9.90. The largest absolute Gasteiger partial charge is 0.465 e. The van der Waals surface area contributed by atoms with Crippen molar-refractivity contribution in [1.82, 2.24) is 5.32 Å². The SMILES string of the molecule is CCOC(=O)[C@H]1C(=O)NC(SCC(=O)Nc2ccc(Br)cc2)=C(C#N)[C@@H]1c1ccccc1F. The summed E-state index contributed by atoms with van der Waals surface area (Å²) in [5.74, 6) is -5.33. The number of nitrogens with zero attached hydrogens (tertiary/aromatic N) is 1. The highest BCUT2D eigenvalue weighted by atomic mass is 79.9. The van der Waals surface area contributed by atoms with Crippen molar-refractivity contribution in [2.45, 2.75) is 12.8 Å². The second kappa shape index (κ2) is 11.1. The highest BCUT2D eigenvalue weighted by molar-refractivity contribution is 9.10. The van der Waals surface area contributed by atoms with Gasteiger partial charge in [-0.05, 0) is 42.8 Å². The summed E-state index contributed by atoms with van der Waals surface area (Å²) < 4.78 is 20.5. The van der Waals surface area contributed by atoms with Gasteiger partial charge in [0.15, 0.2) is 0 Å². The van der Waals surface area contributed by atoms with Crippen LogP contribution in [-0.2, 0) is 19.1 Å². The Balaban J connectivity index is 1.90. The molecule has 2 amide bonds. The first-order chi connectivity index (χ1) is 15.8. The van der Waals surface area contributed by atoms with Gasteiger partial charge in [-0.1, -0.05) is 45.9 Å². The lowest BCUT2D eigenvalue weighted by Gasteiger charge is -2.31. The van der Waals surface area contributed by atoms with Crippen LogP contribution in [-0.4, -0.2) is 30.1 Å². The molecule has 0 aromatic heterocycles. The number of amides is 2. The quantitative estimate of drug-likeness (QED) is 0.411. The van der Waals surface area contributed by atoms with Crippen LogP contribution in [0.15, 0.2) is 63.6 Å². The summed E-state index contributed by atoms with van der Waals surface area (Å²) in [6.45, 7) is 1.61. The van der Waals surface area contributed by atoms with E-state index in [0.717, 1.165) is 16.2 Å². The predicted octanol–water partition coefficient (Wildman–Crippen LogP) is 4.09. The maximum Gasteiger partial charge on any atom is 0.319 e. The van der Waals surface area contributed by atoms with Gasteiger partial charge < -0.3 is 15.4 Å². The molecule has 1 heterocycles. The van der Waals surface area contributed by atoms with Gasteiger partial charge in [-0.25, -0.2) is 4.39 Å². The van der Waals surface area contributed by atoms with Crippen LogP contribution in [0.2, 0.25) is 0 Å². The van der Waals surface area contributed by atoms with Gasteiger partial charge in [0.25, 0.3) is 0 Å². The lowest BCUT2D eigenvalue weighted by molar-refractivity contribution is -0.152. The molecule has 33 heavy (non-hydrogen) atoms.